The lowest BCUT2D eigenvalue weighted by molar-refractivity contribution is -0.114. The third-order valence-electron chi connectivity index (χ3n) is 4.51. The largest absolute Gasteiger partial charge is 0.495 e. The van der Waals surface area contributed by atoms with Gasteiger partial charge in [0.15, 0.2) is 0 Å². The Bertz CT molecular complexity index is 777. The molecular weight excluding hydrogens is 302 g/mol. The Morgan fingerprint density at radius 1 is 1.42 bits per heavy atom. The van der Waals surface area contributed by atoms with Crippen LogP contribution in [0.2, 0.25) is 0 Å². The molecule has 2 aromatic rings. The van der Waals surface area contributed by atoms with Crippen LogP contribution in [0.1, 0.15) is 30.3 Å². The quantitative estimate of drug-likeness (QED) is 0.811. The van der Waals surface area contributed by atoms with Crippen LogP contribution in [-0.4, -0.2) is 29.1 Å². The molecule has 1 aromatic carbocycles. The van der Waals surface area contributed by atoms with Crippen molar-refractivity contribution in [2.75, 3.05) is 18.6 Å². The Morgan fingerprint density at radius 2 is 2.25 bits per heavy atom. The van der Waals surface area contributed by atoms with Crippen molar-refractivity contribution in [1.29, 1.82) is 0 Å². The van der Waals surface area contributed by atoms with E-state index in [9.17, 15) is 4.79 Å². The first-order valence-electron chi connectivity index (χ1n) is 8.33. The molecule has 5 nitrogen and oxygen atoms in total. The van der Waals surface area contributed by atoms with E-state index in [2.05, 4.69) is 24.9 Å². The summed E-state index contributed by atoms with van der Waals surface area (Å²) in [5.41, 5.74) is 3.32. The number of anilines is 1. The van der Waals surface area contributed by atoms with Crippen molar-refractivity contribution in [2.45, 2.75) is 33.2 Å². The van der Waals surface area contributed by atoms with Crippen molar-refractivity contribution in [1.82, 2.24) is 9.55 Å². The number of rotatable bonds is 4. The van der Waals surface area contributed by atoms with Gasteiger partial charge in [-0.05, 0) is 50.0 Å². The molecular formula is C19H23N3O2. The fraction of sp³-hybridized carbons (Fsp3) is 0.368. The van der Waals surface area contributed by atoms with Crippen molar-refractivity contribution in [3.05, 3.63) is 47.6 Å². The summed E-state index contributed by atoms with van der Waals surface area (Å²) in [5, 5.41) is 0. The van der Waals surface area contributed by atoms with Crippen LogP contribution in [-0.2, 0) is 17.8 Å². The van der Waals surface area contributed by atoms with E-state index in [-0.39, 0.29) is 5.91 Å². The molecule has 3 rings (SSSR count). The summed E-state index contributed by atoms with van der Waals surface area (Å²) in [6.45, 7) is 5.67. The van der Waals surface area contributed by atoms with E-state index in [1.165, 1.54) is 11.1 Å². The van der Waals surface area contributed by atoms with Gasteiger partial charge >= 0.3 is 0 Å². The molecule has 24 heavy (non-hydrogen) atoms. The van der Waals surface area contributed by atoms with Gasteiger partial charge in [-0.2, -0.15) is 0 Å². The van der Waals surface area contributed by atoms with E-state index in [0.717, 1.165) is 36.6 Å². The number of aromatic nitrogens is 2. The van der Waals surface area contributed by atoms with Crippen molar-refractivity contribution in [3.63, 3.8) is 0 Å². The third kappa shape index (κ3) is 2.94. The Morgan fingerprint density at radius 3 is 3.00 bits per heavy atom. The van der Waals surface area contributed by atoms with Gasteiger partial charge in [-0.3, -0.25) is 4.79 Å². The number of aryl methyl sites for hydroxylation is 2. The van der Waals surface area contributed by atoms with Gasteiger partial charge in [0, 0.05) is 31.6 Å². The molecule has 0 bridgehead atoms. The highest BCUT2D eigenvalue weighted by Crippen LogP contribution is 2.38. The van der Waals surface area contributed by atoms with Crippen LogP contribution in [0.4, 0.5) is 5.69 Å². The summed E-state index contributed by atoms with van der Waals surface area (Å²) < 4.78 is 7.50. The van der Waals surface area contributed by atoms with E-state index < -0.39 is 0 Å². The van der Waals surface area contributed by atoms with Gasteiger partial charge in [-0.15, -0.1) is 0 Å². The van der Waals surface area contributed by atoms with E-state index >= 15 is 0 Å². The van der Waals surface area contributed by atoms with Crippen LogP contribution in [0.25, 0.3) is 6.08 Å². The molecule has 1 aromatic heterocycles. The number of methoxy groups -OCH3 is 1. The third-order valence-corrected chi connectivity index (χ3v) is 4.51. The lowest BCUT2D eigenvalue weighted by atomic mass is 9.96. The van der Waals surface area contributed by atoms with E-state index in [1.54, 1.807) is 25.5 Å². The summed E-state index contributed by atoms with van der Waals surface area (Å²) in [5.74, 6) is 1.51. The predicted molar refractivity (Wildman–Crippen MR) is 95.3 cm³/mol. The lowest BCUT2D eigenvalue weighted by Gasteiger charge is -2.31. The second-order valence-corrected chi connectivity index (χ2v) is 5.91. The maximum atomic E-state index is 12.8. The molecule has 2 heterocycles. The SMILES string of the molecule is CCn1ccnc1/C=C/C(=O)N1CCCc2c(C)ccc(OC)c21. The molecule has 126 valence electrons. The van der Waals surface area contributed by atoms with Gasteiger partial charge in [-0.25, -0.2) is 4.98 Å². The van der Waals surface area contributed by atoms with Crippen LogP contribution in [0.15, 0.2) is 30.6 Å². The van der Waals surface area contributed by atoms with Crippen molar-refractivity contribution >= 4 is 17.7 Å². The maximum absolute atomic E-state index is 12.8. The zero-order valence-electron chi connectivity index (χ0n) is 14.5. The lowest BCUT2D eigenvalue weighted by Crippen LogP contribution is -2.34. The molecule has 0 saturated carbocycles. The van der Waals surface area contributed by atoms with Gasteiger partial charge in [0.2, 0.25) is 0 Å². The minimum atomic E-state index is -0.0366. The van der Waals surface area contributed by atoms with Crippen LogP contribution >= 0.6 is 0 Å². The number of nitrogens with zero attached hydrogens (tertiary/aromatic N) is 3. The number of imidazole rings is 1. The molecule has 0 radical (unpaired) electrons. The first-order chi connectivity index (χ1) is 11.7. The minimum absolute atomic E-state index is 0.0366. The molecule has 0 saturated heterocycles. The average Bonchev–Trinajstić information content (AvgIpc) is 3.07. The number of fused-ring (bicyclic) bond motifs is 1. The molecule has 0 fully saturated rings. The molecule has 0 aliphatic carbocycles. The van der Waals surface area contributed by atoms with Gasteiger partial charge in [0.1, 0.15) is 11.6 Å². The number of benzene rings is 1. The minimum Gasteiger partial charge on any atom is -0.495 e. The zero-order chi connectivity index (χ0) is 17.1. The monoisotopic (exact) mass is 325 g/mol. The molecule has 0 atom stereocenters. The van der Waals surface area contributed by atoms with E-state index in [1.807, 2.05) is 21.7 Å². The Labute approximate surface area is 142 Å². The van der Waals surface area contributed by atoms with Crippen LogP contribution in [0.3, 0.4) is 0 Å². The number of carbonyl (C=O) groups excluding carboxylic acids is 1. The van der Waals surface area contributed by atoms with Crippen molar-refractivity contribution < 1.29 is 9.53 Å². The first kappa shape index (κ1) is 16.3. The summed E-state index contributed by atoms with van der Waals surface area (Å²) in [4.78, 5) is 18.9. The smallest absolute Gasteiger partial charge is 0.251 e. The molecule has 0 N–H and O–H groups in total. The second kappa shape index (κ2) is 6.91. The van der Waals surface area contributed by atoms with E-state index in [0.29, 0.717) is 6.54 Å². The molecule has 0 spiro atoms. The van der Waals surface area contributed by atoms with Gasteiger partial charge in [0.05, 0.1) is 12.8 Å². The van der Waals surface area contributed by atoms with Gasteiger partial charge < -0.3 is 14.2 Å². The van der Waals surface area contributed by atoms with Crippen molar-refractivity contribution in [2.24, 2.45) is 0 Å². The predicted octanol–water partition coefficient (Wildman–Crippen LogP) is 3.21. The number of carbonyl (C=O) groups is 1. The fourth-order valence-corrected chi connectivity index (χ4v) is 3.22. The van der Waals surface area contributed by atoms with Crippen LogP contribution < -0.4 is 9.64 Å². The first-order valence-corrected chi connectivity index (χ1v) is 8.33. The Hall–Kier alpha value is -2.56. The van der Waals surface area contributed by atoms with Gasteiger partial charge in [-0.1, -0.05) is 6.07 Å². The summed E-state index contributed by atoms with van der Waals surface area (Å²) >= 11 is 0. The zero-order valence-corrected chi connectivity index (χ0v) is 14.5. The topological polar surface area (TPSA) is 47.4 Å². The number of hydrogen-bond acceptors (Lipinski definition) is 3. The Kier molecular flexibility index (Phi) is 4.69. The molecule has 1 amide bonds. The molecule has 5 heteroatoms. The Balaban J connectivity index is 1.92. The summed E-state index contributed by atoms with van der Waals surface area (Å²) in [6, 6.07) is 3.99. The standard InChI is InChI=1S/C19H23N3O2/c1-4-21-13-11-20-17(21)9-10-18(23)22-12-5-6-15-14(2)7-8-16(24-3)19(15)22/h7-11,13H,4-6,12H2,1-3H3/b10-9+. The highest BCUT2D eigenvalue weighted by atomic mass is 16.5. The highest BCUT2D eigenvalue weighted by molar-refractivity contribution is 6.05. The van der Waals surface area contributed by atoms with Crippen molar-refractivity contribution in [3.8, 4) is 5.75 Å². The highest BCUT2D eigenvalue weighted by Gasteiger charge is 2.26. The average molecular weight is 325 g/mol. The number of amides is 1. The van der Waals surface area contributed by atoms with Crippen LogP contribution in [0, 0.1) is 6.92 Å². The van der Waals surface area contributed by atoms with E-state index in [4.69, 9.17) is 4.74 Å². The maximum Gasteiger partial charge on any atom is 0.251 e. The summed E-state index contributed by atoms with van der Waals surface area (Å²) in [7, 11) is 1.65. The van der Waals surface area contributed by atoms with Crippen LogP contribution in [0.5, 0.6) is 5.75 Å². The summed E-state index contributed by atoms with van der Waals surface area (Å²) in [6.07, 6.45) is 8.98. The normalized spacial score (nSPS) is 14.0. The molecule has 1 aliphatic rings. The second-order valence-electron chi connectivity index (χ2n) is 5.91. The number of hydrogen-bond donors (Lipinski definition) is 0. The van der Waals surface area contributed by atoms with Gasteiger partial charge in [0.25, 0.3) is 5.91 Å². The fourth-order valence-electron chi connectivity index (χ4n) is 3.22. The number of ether oxygens (including phenoxy) is 1. The molecule has 1 aliphatic heterocycles. The molecule has 0 unspecified atom stereocenters.